The monoisotopic (exact) mass is 326 g/mol. The Morgan fingerprint density at radius 2 is 1.96 bits per heavy atom. The molecule has 2 aromatic rings. The Hall–Kier alpha value is -2.43. The Morgan fingerprint density at radius 1 is 1.21 bits per heavy atom. The normalized spacial score (nSPS) is 10.7. The first-order valence-corrected chi connectivity index (χ1v) is 8.40. The average molecular weight is 326 g/mol. The van der Waals surface area contributed by atoms with Crippen molar-refractivity contribution in [2.24, 2.45) is 5.92 Å². The summed E-state index contributed by atoms with van der Waals surface area (Å²) >= 11 is 0. The molecule has 2 aromatic heterocycles. The zero-order valence-corrected chi connectivity index (χ0v) is 14.7. The molecule has 2 heterocycles. The van der Waals surface area contributed by atoms with Crippen LogP contribution in [0.5, 0.6) is 0 Å². The minimum absolute atomic E-state index is 0.0576. The van der Waals surface area contributed by atoms with Crippen molar-refractivity contribution in [3.63, 3.8) is 0 Å². The van der Waals surface area contributed by atoms with Gasteiger partial charge in [-0.1, -0.05) is 13.8 Å². The van der Waals surface area contributed by atoms with Gasteiger partial charge in [0.1, 0.15) is 5.69 Å². The molecule has 0 fully saturated rings. The van der Waals surface area contributed by atoms with Crippen LogP contribution in [0.2, 0.25) is 0 Å². The molecule has 0 aromatic carbocycles. The third-order valence-corrected chi connectivity index (χ3v) is 3.87. The molecule has 5 nitrogen and oxygen atoms in total. The van der Waals surface area contributed by atoms with Crippen molar-refractivity contribution in [1.82, 2.24) is 14.9 Å². The molecule has 5 heteroatoms. The van der Waals surface area contributed by atoms with Crippen LogP contribution in [0.25, 0.3) is 0 Å². The summed E-state index contributed by atoms with van der Waals surface area (Å²) in [5.74, 6) is 0.609. The molecular formula is C19H26N4O. The second kappa shape index (κ2) is 9.01. The van der Waals surface area contributed by atoms with Gasteiger partial charge in [-0.25, -0.2) is 4.98 Å². The van der Waals surface area contributed by atoms with Crippen molar-refractivity contribution >= 4 is 11.6 Å². The van der Waals surface area contributed by atoms with E-state index in [9.17, 15) is 4.79 Å². The fourth-order valence-electron chi connectivity index (χ4n) is 2.27. The van der Waals surface area contributed by atoms with E-state index in [1.165, 1.54) is 5.56 Å². The van der Waals surface area contributed by atoms with Gasteiger partial charge in [-0.05, 0) is 48.6 Å². The topological polar surface area (TPSA) is 58.1 Å². The lowest BCUT2D eigenvalue weighted by Crippen LogP contribution is -2.29. The molecule has 0 aliphatic heterocycles. The Bertz CT molecular complexity index is 626. The molecule has 0 radical (unpaired) electrons. The largest absolute Gasteiger partial charge is 0.384 e. The van der Waals surface area contributed by atoms with Gasteiger partial charge in [0.25, 0.3) is 5.91 Å². The number of rotatable bonds is 8. The lowest BCUT2D eigenvalue weighted by molar-refractivity contribution is 0.0791. The van der Waals surface area contributed by atoms with E-state index in [0.29, 0.717) is 18.2 Å². The molecule has 0 aliphatic rings. The minimum atomic E-state index is -0.0576. The highest BCUT2D eigenvalue weighted by Crippen LogP contribution is 2.09. The van der Waals surface area contributed by atoms with E-state index >= 15 is 0 Å². The predicted octanol–water partition coefficient (Wildman–Crippen LogP) is 3.25. The van der Waals surface area contributed by atoms with Crippen molar-refractivity contribution < 1.29 is 4.79 Å². The van der Waals surface area contributed by atoms with Gasteiger partial charge in [0.2, 0.25) is 0 Å². The summed E-state index contributed by atoms with van der Waals surface area (Å²) in [6.45, 7) is 5.96. The molecule has 24 heavy (non-hydrogen) atoms. The standard InChI is InChI=1S/C19H26N4O/c1-15(2)6-12-21-17-4-5-18(22-14-17)19(24)23(3)13-9-16-7-10-20-11-8-16/h4-5,7-8,10-11,14-15,21H,6,9,12-13H2,1-3H3. The molecular weight excluding hydrogens is 300 g/mol. The number of pyridine rings is 2. The molecule has 0 saturated heterocycles. The van der Waals surface area contributed by atoms with E-state index < -0.39 is 0 Å². The molecule has 128 valence electrons. The van der Waals surface area contributed by atoms with Crippen LogP contribution in [0.1, 0.15) is 36.3 Å². The number of likely N-dealkylation sites (N-methyl/N-ethyl adjacent to an activating group) is 1. The van der Waals surface area contributed by atoms with Gasteiger partial charge in [0.05, 0.1) is 11.9 Å². The lowest BCUT2D eigenvalue weighted by atomic mass is 10.1. The first-order chi connectivity index (χ1) is 11.6. The molecule has 1 N–H and O–H groups in total. The number of nitrogens with one attached hydrogen (secondary N) is 1. The van der Waals surface area contributed by atoms with E-state index in [0.717, 1.165) is 25.1 Å². The second-order valence-corrected chi connectivity index (χ2v) is 6.37. The van der Waals surface area contributed by atoms with E-state index in [2.05, 4.69) is 29.1 Å². The second-order valence-electron chi connectivity index (χ2n) is 6.37. The first-order valence-electron chi connectivity index (χ1n) is 8.40. The number of amides is 1. The number of hydrogen-bond donors (Lipinski definition) is 1. The molecule has 0 atom stereocenters. The number of nitrogens with zero attached hydrogens (tertiary/aromatic N) is 3. The third-order valence-electron chi connectivity index (χ3n) is 3.87. The van der Waals surface area contributed by atoms with E-state index in [1.807, 2.05) is 18.2 Å². The van der Waals surface area contributed by atoms with Crippen molar-refractivity contribution in [2.45, 2.75) is 26.7 Å². The summed E-state index contributed by atoms with van der Waals surface area (Å²) in [5.41, 5.74) is 2.59. The number of carbonyl (C=O) groups is 1. The zero-order valence-electron chi connectivity index (χ0n) is 14.7. The van der Waals surface area contributed by atoms with Crippen LogP contribution in [-0.2, 0) is 6.42 Å². The SMILES string of the molecule is CC(C)CCNc1ccc(C(=O)N(C)CCc2ccncc2)nc1. The van der Waals surface area contributed by atoms with Crippen molar-refractivity contribution in [2.75, 3.05) is 25.5 Å². The smallest absolute Gasteiger partial charge is 0.272 e. The molecule has 0 unspecified atom stereocenters. The van der Waals surface area contributed by atoms with Gasteiger partial charge >= 0.3 is 0 Å². The summed E-state index contributed by atoms with van der Waals surface area (Å²) in [6.07, 6.45) is 7.18. The van der Waals surface area contributed by atoms with Gasteiger partial charge in [-0.3, -0.25) is 9.78 Å². The number of carbonyl (C=O) groups excluding carboxylic acids is 1. The maximum atomic E-state index is 12.4. The number of aromatic nitrogens is 2. The van der Waals surface area contributed by atoms with Gasteiger partial charge in [-0.15, -0.1) is 0 Å². The van der Waals surface area contributed by atoms with Gasteiger partial charge in [0.15, 0.2) is 0 Å². The average Bonchev–Trinajstić information content (AvgIpc) is 2.60. The van der Waals surface area contributed by atoms with E-state index in [-0.39, 0.29) is 5.91 Å². The first kappa shape index (κ1) is 17.9. The van der Waals surface area contributed by atoms with Crippen molar-refractivity contribution in [3.8, 4) is 0 Å². The van der Waals surface area contributed by atoms with Gasteiger partial charge in [-0.2, -0.15) is 0 Å². The molecule has 0 spiro atoms. The quantitative estimate of drug-likeness (QED) is 0.809. The summed E-state index contributed by atoms with van der Waals surface area (Å²) in [4.78, 5) is 22.4. The van der Waals surface area contributed by atoms with Crippen LogP contribution >= 0.6 is 0 Å². The summed E-state index contributed by atoms with van der Waals surface area (Å²) in [7, 11) is 1.81. The Kier molecular flexibility index (Phi) is 6.73. The third kappa shape index (κ3) is 5.65. The summed E-state index contributed by atoms with van der Waals surface area (Å²) in [5, 5.41) is 3.32. The van der Waals surface area contributed by atoms with Crippen LogP contribution in [0.4, 0.5) is 5.69 Å². The van der Waals surface area contributed by atoms with Crippen LogP contribution in [-0.4, -0.2) is 40.9 Å². The van der Waals surface area contributed by atoms with Crippen molar-refractivity contribution in [1.29, 1.82) is 0 Å². The number of anilines is 1. The fourth-order valence-corrected chi connectivity index (χ4v) is 2.27. The van der Waals surface area contributed by atoms with Crippen LogP contribution in [0.15, 0.2) is 42.9 Å². The highest BCUT2D eigenvalue weighted by atomic mass is 16.2. The predicted molar refractivity (Wildman–Crippen MR) is 97.1 cm³/mol. The van der Waals surface area contributed by atoms with E-state index in [1.54, 1.807) is 36.6 Å². The summed E-state index contributed by atoms with van der Waals surface area (Å²) in [6, 6.07) is 7.63. The maximum absolute atomic E-state index is 12.4. The molecule has 0 aliphatic carbocycles. The molecule has 2 rings (SSSR count). The van der Waals surface area contributed by atoms with Crippen molar-refractivity contribution in [3.05, 3.63) is 54.1 Å². The maximum Gasteiger partial charge on any atom is 0.272 e. The van der Waals surface area contributed by atoms with Crippen LogP contribution in [0.3, 0.4) is 0 Å². The van der Waals surface area contributed by atoms with Gasteiger partial charge in [0, 0.05) is 32.5 Å². The highest BCUT2D eigenvalue weighted by molar-refractivity contribution is 5.92. The molecule has 1 amide bonds. The Balaban J connectivity index is 1.84. The fraction of sp³-hybridized carbons (Fsp3) is 0.421. The lowest BCUT2D eigenvalue weighted by Gasteiger charge is -2.17. The van der Waals surface area contributed by atoms with Gasteiger partial charge < -0.3 is 10.2 Å². The summed E-state index contributed by atoms with van der Waals surface area (Å²) < 4.78 is 0. The molecule has 0 saturated carbocycles. The Labute approximate surface area is 144 Å². The highest BCUT2D eigenvalue weighted by Gasteiger charge is 2.12. The Morgan fingerprint density at radius 3 is 2.58 bits per heavy atom. The van der Waals surface area contributed by atoms with Crippen LogP contribution < -0.4 is 5.32 Å². The zero-order chi connectivity index (χ0) is 17.4. The minimum Gasteiger partial charge on any atom is -0.384 e. The van der Waals surface area contributed by atoms with E-state index in [4.69, 9.17) is 0 Å². The number of hydrogen-bond acceptors (Lipinski definition) is 4. The molecule has 0 bridgehead atoms. The van der Waals surface area contributed by atoms with Crippen LogP contribution in [0, 0.1) is 5.92 Å².